The van der Waals surface area contributed by atoms with Gasteiger partial charge in [-0.05, 0) is 18.4 Å². The molecule has 4 nitrogen and oxygen atoms in total. The normalized spacial score (nSPS) is 16.8. The Hall–Kier alpha value is -1.39. The predicted molar refractivity (Wildman–Crippen MR) is 82.3 cm³/mol. The van der Waals surface area contributed by atoms with Gasteiger partial charge in [-0.15, -0.1) is 0 Å². The molecule has 0 saturated heterocycles. The van der Waals surface area contributed by atoms with Gasteiger partial charge in [0.1, 0.15) is 0 Å². The molecular formula is C17H25NO3. The Morgan fingerprint density at radius 1 is 1.29 bits per heavy atom. The van der Waals surface area contributed by atoms with E-state index in [0.29, 0.717) is 19.3 Å². The number of esters is 1. The SMILES string of the molecule is COC(=O)C(CNCCOC1CCCC1)c1ccccc1. The van der Waals surface area contributed by atoms with Crippen molar-refractivity contribution in [2.75, 3.05) is 26.8 Å². The summed E-state index contributed by atoms with van der Waals surface area (Å²) >= 11 is 0. The number of ether oxygens (including phenoxy) is 2. The van der Waals surface area contributed by atoms with Crippen molar-refractivity contribution in [2.45, 2.75) is 37.7 Å². The molecule has 0 bridgehead atoms. The number of carbonyl (C=O) groups is 1. The number of nitrogens with one attached hydrogen (secondary N) is 1. The van der Waals surface area contributed by atoms with Crippen LogP contribution in [0.1, 0.15) is 37.2 Å². The summed E-state index contributed by atoms with van der Waals surface area (Å²) in [5.74, 6) is -0.465. The quantitative estimate of drug-likeness (QED) is 0.590. The van der Waals surface area contributed by atoms with Crippen molar-refractivity contribution in [1.82, 2.24) is 5.32 Å². The first-order chi connectivity index (χ1) is 10.3. The molecule has 116 valence electrons. The Morgan fingerprint density at radius 3 is 2.67 bits per heavy atom. The van der Waals surface area contributed by atoms with E-state index in [-0.39, 0.29) is 11.9 Å². The lowest BCUT2D eigenvalue weighted by atomic mass is 9.99. The molecule has 1 fully saturated rings. The minimum absolute atomic E-state index is 0.203. The maximum atomic E-state index is 11.9. The summed E-state index contributed by atoms with van der Waals surface area (Å²) in [6.07, 6.45) is 5.40. The third-order valence-corrected chi connectivity index (χ3v) is 3.97. The molecule has 1 aromatic carbocycles. The van der Waals surface area contributed by atoms with Gasteiger partial charge in [0.2, 0.25) is 0 Å². The smallest absolute Gasteiger partial charge is 0.314 e. The summed E-state index contributed by atoms with van der Waals surface area (Å²) in [6, 6.07) is 9.74. The number of rotatable bonds is 8. The molecule has 0 amide bonds. The third kappa shape index (κ3) is 5.14. The van der Waals surface area contributed by atoms with E-state index >= 15 is 0 Å². The number of hydrogen-bond acceptors (Lipinski definition) is 4. The lowest BCUT2D eigenvalue weighted by Gasteiger charge is -2.16. The number of benzene rings is 1. The number of carbonyl (C=O) groups excluding carboxylic acids is 1. The maximum Gasteiger partial charge on any atom is 0.314 e. The van der Waals surface area contributed by atoms with E-state index in [9.17, 15) is 4.79 Å². The molecular weight excluding hydrogens is 266 g/mol. The molecule has 0 radical (unpaired) electrons. The van der Waals surface area contributed by atoms with Crippen LogP contribution in [0.25, 0.3) is 0 Å². The van der Waals surface area contributed by atoms with Crippen molar-refractivity contribution in [3.8, 4) is 0 Å². The average Bonchev–Trinajstić information content (AvgIpc) is 3.04. The summed E-state index contributed by atoms with van der Waals surface area (Å²) in [7, 11) is 1.43. The Bertz CT molecular complexity index is 415. The molecule has 0 heterocycles. The zero-order valence-corrected chi connectivity index (χ0v) is 12.7. The van der Waals surface area contributed by atoms with Gasteiger partial charge in [0.05, 0.1) is 25.7 Å². The average molecular weight is 291 g/mol. The van der Waals surface area contributed by atoms with Gasteiger partial charge in [-0.3, -0.25) is 4.79 Å². The van der Waals surface area contributed by atoms with E-state index in [1.54, 1.807) is 0 Å². The molecule has 4 heteroatoms. The molecule has 0 aromatic heterocycles. The zero-order valence-electron chi connectivity index (χ0n) is 12.7. The predicted octanol–water partition coefficient (Wildman–Crippen LogP) is 2.49. The summed E-state index contributed by atoms with van der Waals surface area (Å²) in [6.45, 7) is 2.04. The van der Waals surface area contributed by atoms with Gasteiger partial charge in [0.25, 0.3) is 0 Å². The molecule has 0 aliphatic heterocycles. The van der Waals surface area contributed by atoms with E-state index in [4.69, 9.17) is 9.47 Å². The van der Waals surface area contributed by atoms with Crippen molar-refractivity contribution >= 4 is 5.97 Å². The highest BCUT2D eigenvalue weighted by Gasteiger charge is 2.20. The van der Waals surface area contributed by atoms with Crippen LogP contribution >= 0.6 is 0 Å². The first-order valence-corrected chi connectivity index (χ1v) is 7.76. The van der Waals surface area contributed by atoms with E-state index in [1.807, 2.05) is 30.3 Å². The van der Waals surface area contributed by atoms with Crippen molar-refractivity contribution in [1.29, 1.82) is 0 Å². The molecule has 1 unspecified atom stereocenters. The Balaban J connectivity index is 1.73. The molecule has 1 N–H and O–H groups in total. The highest BCUT2D eigenvalue weighted by atomic mass is 16.5. The number of hydrogen-bond donors (Lipinski definition) is 1. The van der Waals surface area contributed by atoms with Crippen LogP contribution in [-0.4, -0.2) is 38.9 Å². The summed E-state index contributed by atoms with van der Waals surface area (Å²) in [4.78, 5) is 11.9. The molecule has 1 atom stereocenters. The van der Waals surface area contributed by atoms with Crippen LogP contribution in [0.15, 0.2) is 30.3 Å². The van der Waals surface area contributed by atoms with E-state index in [0.717, 1.165) is 12.1 Å². The fourth-order valence-corrected chi connectivity index (χ4v) is 2.76. The van der Waals surface area contributed by atoms with Crippen LogP contribution in [0, 0.1) is 0 Å². The van der Waals surface area contributed by atoms with Crippen LogP contribution < -0.4 is 5.32 Å². The fourth-order valence-electron chi connectivity index (χ4n) is 2.76. The van der Waals surface area contributed by atoms with Crippen LogP contribution in [0.4, 0.5) is 0 Å². The van der Waals surface area contributed by atoms with Crippen LogP contribution in [0.5, 0.6) is 0 Å². The summed E-state index contributed by atoms with van der Waals surface area (Å²) in [5.41, 5.74) is 0.980. The van der Waals surface area contributed by atoms with E-state index in [2.05, 4.69) is 5.32 Å². The van der Waals surface area contributed by atoms with Gasteiger partial charge in [-0.2, -0.15) is 0 Å². The number of methoxy groups -OCH3 is 1. The molecule has 1 aliphatic carbocycles. The van der Waals surface area contributed by atoms with Crippen LogP contribution in [0.3, 0.4) is 0 Å². The second-order valence-electron chi connectivity index (χ2n) is 5.47. The third-order valence-electron chi connectivity index (χ3n) is 3.97. The Morgan fingerprint density at radius 2 is 2.00 bits per heavy atom. The van der Waals surface area contributed by atoms with Crippen molar-refractivity contribution in [3.05, 3.63) is 35.9 Å². The first-order valence-electron chi connectivity index (χ1n) is 7.76. The van der Waals surface area contributed by atoms with Crippen LogP contribution in [-0.2, 0) is 14.3 Å². The highest BCUT2D eigenvalue weighted by Crippen LogP contribution is 2.20. The summed E-state index contributed by atoms with van der Waals surface area (Å²) in [5, 5.41) is 3.30. The monoisotopic (exact) mass is 291 g/mol. The lowest BCUT2D eigenvalue weighted by Crippen LogP contribution is -2.30. The van der Waals surface area contributed by atoms with Gasteiger partial charge in [0.15, 0.2) is 0 Å². The van der Waals surface area contributed by atoms with Gasteiger partial charge < -0.3 is 14.8 Å². The Kier molecular flexibility index (Phi) is 6.70. The fraction of sp³-hybridized carbons (Fsp3) is 0.588. The lowest BCUT2D eigenvalue weighted by molar-refractivity contribution is -0.142. The zero-order chi connectivity index (χ0) is 14.9. The minimum atomic E-state index is -0.261. The van der Waals surface area contributed by atoms with E-state index < -0.39 is 0 Å². The molecule has 21 heavy (non-hydrogen) atoms. The summed E-state index contributed by atoms with van der Waals surface area (Å²) < 4.78 is 10.7. The second kappa shape index (κ2) is 8.80. The van der Waals surface area contributed by atoms with Crippen LogP contribution in [0.2, 0.25) is 0 Å². The van der Waals surface area contributed by atoms with Gasteiger partial charge in [-0.25, -0.2) is 0 Å². The van der Waals surface area contributed by atoms with Crippen molar-refractivity contribution in [2.24, 2.45) is 0 Å². The maximum absolute atomic E-state index is 11.9. The highest BCUT2D eigenvalue weighted by molar-refractivity contribution is 5.78. The molecule has 2 rings (SSSR count). The molecule has 0 spiro atoms. The topological polar surface area (TPSA) is 47.6 Å². The molecule has 1 saturated carbocycles. The Labute approximate surface area is 126 Å². The van der Waals surface area contributed by atoms with Gasteiger partial charge in [0, 0.05) is 13.1 Å². The standard InChI is InChI=1S/C17H25NO3/c1-20-17(19)16(14-7-3-2-4-8-14)13-18-11-12-21-15-9-5-6-10-15/h2-4,7-8,15-16,18H,5-6,9-13H2,1H3. The molecule has 1 aromatic rings. The van der Waals surface area contributed by atoms with E-state index in [1.165, 1.54) is 32.8 Å². The minimum Gasteiger partial charge on any atom is -0.469 e. The van der Waals surface area contributed by atoms with Gasteiger partial charge in [-0.1, -0.05) is 43.2 Å². The van der Waals surface area contributed by atoms with Crippen molar-refractivity contribution < 1.29 is 14.3 Å². The first kappa shape index (κ1) is 16.0. The van der Waals surface area contributed by atoms with Crippen molar-refractivity contribution in [3.63, 3.8) is 0 Å². The second-order valence-corrected chi connectivity index (χ2v) is 5.47. The van der Waals surface area contributed by atoms with Gasteiger partial charge >= 0.3 is 5.97 Å². The largest absolute Gasteiger partial charge is 0.469 e. The molecule has 1 aliphatic rings.